The molecule has 5 heteroatoms. The van der Waals surface area contributed by atoms with Crippen LogP contribution in [0.3, 0.4) is 0 Å². The van der Waals surface area contributed by atoms with Crippen LogP contribution in [-0.4, -0.2) is 22.6 Å². The van der Waals surface area contributed by atoms with Gasteiger partial charge in [0.1, 0.15) is 0 Å². The molecular weight excluding hydrogens is 464 g/mol. The van der Waals surface area contributed by atoms with Crippen LogP contribution in [0.1, 0.15) is 65.8 Å². The molecule has 2 aromatic carbocycles. The summed E-state index contributed by atoms with van der Waals surface area (Å²) in [5.74, 6) is 0.625. The van der Waals surface area contributed by atoms with Gasteiger partial charge in [0.05, 0.1) is 11.6 Å². The van der Waals surface area contributed by atoms with E-state index in [0.717, 1.165) is 39.7 Å². The largest absolute Gasteiger partial charge is 0.396 e. The van der Waals surface area contributed by atoms with Crippen molar-refractivity contribution < 1.29 is 9.90 Å². The Morgan fingerprint density at radius 2 is 2.00 bits per heavy atom. The lowest BCUT2D eigenvalue weighted by Gasteiger charge is -2.29. The Bertz CT molecular complexity index is 1150. The Kier molecular flexibility index (Phi) is 5.81. The van der Waals surface area contributed by atoms with Gasteiger partial charge in [0.2, 0.25) is 0 Å². The number of hydrogen-bond acceptors (Lipinski definition) is 3. The molecule has 0 radical (unpaired) electrons. The lowest BCUT2D eigenvalue weighted by atomic mass is 9.77. The van der Waals surface area contributed by atoms with Gasteiger partial charge < -0.3 is 10.4 Å². The number of aromatic nitrogens is 1. The van der Waals surface area contributed by atoms with Crippen molar-refractivity contribution in [3.05, 3.63) is 75.4 Å². The van der Waals surface area contributed by atoms with E-state index in [0.29, 0.717) is 17.4 Å². The fourth-order valence-electron chi connectivity index (χ4n) is 5.06. The molecule has 2 aliphatic rings. The van der Waals surface area contributed by atoms with E-state index in [4.69, 9.17) is 4.98 Å². The fraction of sp³-hybridized carbons (Fsp3) is 0.407. The molecule has 1 aromatic heterocycles. The molecule has 3 aromatic rings. The summed E-state index contributed by atoms with van der Waals surface area (Å²) in [5, 5.41) is 13.6. The molecule has 1 saturated carbocycles. The quantitative estimate of drug-likeness (QED) is 0.459. The average Bonchev–Trinajstić information content (AvgIpc) is 3.55. The van der Waals surface area contributed by atoms with Gasteiger partial charge in [0.15, 0.2) is 0 Å². The number of fused-ring (bicyclic) bond motifs is 2. The molecule has 2 aliphatic carbocycles. The zero-order valence-electron chi connectivity index (χ0n) is 18.4. The van der Waals surface area contributed by atoms with Crippen LogP contribution in [0, 0.1) is 11.3 Å². The first-order chi connectivity index (χ1) is 15.4. The van der Waals surface area contributed by atoms with Crippen LogP contribution in [0.5, 0.6) is 0 Å². The number of halogens is 1. The molecule has 32 heavy (non-hydrogen) atoms. The second kappa shape index (κ2) is 8.60. The van der Waals surface area contributed by atoms with E-state index in [-0.39, 0.29) is 18.6 Å². The predicted octanol–water partition coefficient (Wildman–Crippen LogP) is 5.76. The molecule has 5 rings (SSSR count). The zero-order chi connectivity index (χ0) is 22.3. The number of aliphatic hydroxyl groups is 1. The van der Waals surface area contributed by atoms with E-state index in [1.54, 1.807) is 0 Å². The Morgan fingerprint density at radius 3 is 2.72 bits per heavy atom. The number of aliphatic hydroxyl groups excluding tert-OH is 1. The standard InChI is InChI=1S/C27H29BrN2O2/c1-27(11-12-27)21-5-9-24-20(16-21)15-19-14-18(4-8-23(19)29-24)26(32)30-25(10-13-31)17-2-6-22(28)7-3-17/h2-4,6-8,14-15,21,25,31H,5,9-13,16H2,1H3,(H,30,32)/t21-,25+/m0/s1. The van der Waals surface area contributed by atoms with E-state index in [1.807, 2.05) is 42.5 Å². The number of benzene rings is 2. The monoisotopic (exact) mass is 492 g/mol. The molecular formula is C27H29BrN2O2. The zero-order valence-corrected chi connectivity index (χ0v) is 20.0. The summed E-state index contributed by atoms with van der Waals surface area (Å²) in [6.07, 6.45) is 6.58. The lowest BCUT2D eigenvalue weighted by Crippen LogP contribution is -2.29. The van der Waals surface area contributed by atoms with Crippen molar-refractivity contribution in [3.8, 4) is 0 Å². The summed E-state index contributed by atoms with van der Waals surface area (Å²) < 4.78 is 0.985. The van der Waals surface area contributed by atoms with E-state index >= 15 is 0 Å². The summed E-state index contributed by atoms with van der Waals surface area (Å²) >= 11 is 3.45. The minimum Gasteiger partial charge on any atom is -0.396 e. The van der Waals surface area contributed by atoms with Crippen LogP contribution >= 0.6 is 15.9 Å². The molecule has 4 nitrogen and oxygen atoms in total. The fourth-order valence-corrected chi connectivity index (χ4v) is 5.33. The third-order valence-electron chi connectivity index (χ3n) is 7.46. The highest BCUT2D eigenvalue weighted by Gasteiger charge is 2.45. The molecule has 1 heterocycles. The number of amides is 1. The van der Waals surface area contributed by atoms with Crippen LogP contribution in [0.2, 0.25) is 0 Å². The summed E-state index contributed by atoms with van der Waals surface area (Å²) in [6, 6.07) is 15.6. The van der Waals surface area contributed by atoms with Crippen molar-refractivity contribution in [3.63, 3.8) is 0 Å². The van der Waals surface area contributed by atoms with Crippen molar-refractivity contribution >= 4 is 32.7 Å². The van der Waals surface area contributed by atoms with Crippen molar-refractivity contribution in [2.24, 2.45) is 11.3 Å². The molecule has 0 aliphatic heterocycles. The third-order valence-corrected chi connectivity index (χ3v) is 7.99. The van der Waals surface area contributed by atoms with Crippen LogP contribution in [0.25, 0.3) is 10.9 Å². The lowest BCUT2D eigenvalue weighted by molar-refractivity contribution is 0.0930. The first-order valence-corrected chi connectivity index (χ1v) is 12.3. The topological polar surface area (TPSA) is 62.2 Å². The molecule has 1 amide bonds. The maximum Gasteiger partial charge on any atom is 0.251 e. The summed E-state index contributed by atoms with van der Waals surface area (Å²) in [6.45, 7) is 2.43. The van der Waals surface area contributed by atoms with E-state index in [2.05, 4.69) is 34.2 Å². The van der Waals surface area contributed by atoms with Crippen LogP contribution < -0.4 is 5.32 Å². The molecule has 0 unspecified atom stereocenters. The minimum absolute atomic E-state index is 0.00880. The van der Waals surface area contributed by atoms with Crippen molar-refractivity contribution in [2.45, 2.75) is 51.5 Å². The second-order valence-corrected chi connectivity index (χ2v) is 10.6. The number of carbonyl (C=O) groups excluding carboxylic acids is 1. The second-order valence-electron chi connectivity index (χ2n) is 9.69. The number of carbonyl (C=O) groups is 1. The van der Waals surface area contributed by atoms with Gasteiger partial charge in [-0.2, -0.15) is 0 Å². The van der Waals surface area contributed by atoms with Gasteiger partial charge in [-0.05, 0) is 97.4 Å². The van der Waals surface area contributed by atoms with Gasteiger partial charge in [-0.3, -0.25) is 9.78 Å². The number of hydrogen-bond donors (Lipinski definition) is 2. The van der Waals surface area contributed by atoms with Gasteiger partial charge in [0.25, 0.3) is 5.91 Å². The van der Waals surface area contributed by atoms with Crippen LogP contribution in [-0.2, 0) is 12.8 Å². The Hall–Kier alpha value is -2.24. The Balaban J connectivity index is 1.38. The van der Waals surface area contributed by atoms with Gasteiger partial charge in [-0.15, -0.1) is 0 Å². The number of nitrogens with one attached hydrogen (secondary N) is 1. The highest BCUT2D eigenvalue weighted by atomic mass is 79.9. The summed E-state index contributed by atoms with van der Waals surface area (Å²) in [4.78, 5) is 18.0. The van der Waals surface area contributed by atoms with Gasteiger partial charge >= 0.3 is 0 Å². The minimum atomic E-state index is -0.238. The maximum absolute atomic E-state index is 13.1. The third kappa shape index (κ3) is 4.33. The number of pyridine rings is 1. The molecule has 1 fully saturated rings. The number of aryl methyl sites for hydroxylation is 1. The van der Waals surface area contributed by atoms with Crippen molar-refractivity contribution in [1.29, 1.82) is 0 Å². The van der Waals surface area contributed by atoms with Gasteiger partial charge in [-0.1, -0.05) is 35.0 Å². The van der Waals surface area contributed by atoms with Crippen LogP contribution in [0.4, 0.5) is 0 Å². The highest BCUT2D eigenvalue weighted by molar-refractivity contribution is 9.10. The summed E-state index contributed by atoms with van der Waals surface area (Å²) in [7, 11) is 0. The molecule has 0 saturated heterocycles. The summed E-state index contributed by atoms with van der Waals surface area (Å²) in [5.41, 5.74) is 5.67. The SMILES string of the molecule is CC1([C@H]2CCc3nc4ccc(C(=O)N[C@H](CCO)c5ccc(Br)cc5)cc4cc3C2)CC1. The van der Waals surface area contributed by atoms with Gasteiger partial charge in [0, 0.05) is 27.7 Å². The van der Waals surface area contributed by atoms with E-state index in [9.17, 15) is 9.90 Å². The predicted molar refractivity (Wildman–Crippen MR) is 131 cm³/mol. The van der Waals surface area contributed by atoms with E-state index in [1.165, 1.54) is 30.5 Å². The highest BCUT2D eigenvalue weighted by Crippen LogP contribution is 2.55. The first-order valence-electron chi connectivity index (χ1n) is 11.5. The van der Waals surface area contributed by atoms with Crippen molar-refractivity contribution in [1.82, 2.24) is 10.3 Å². The molecule has 0 bridgehead atoms. The van der Waals surface area contributed by atoms with Crippen LogP contribution in [0.15, 0.2) is 53.0 Å². The first kappa shape index (κ1) is 21.6. The Morgan fingerprint density at radius 1 is 1.22 bits per heavy atom. The number of rotatable bonds is 6. The smallest absolute Gasteiger partial charge is 0.251 e. The molecule has 0 spiro atoms. The van der Waals surface area contributed by atoms with Gasteiger partial charge in [-0.25, -0.2) is 0 Å². The number of nitrogens with zero attached hydrogens (tertiary/aromatic N) is 1. The van der Waals surface area contributed by atoms with E-state index < -0.39 is 0 Å². The normalized spacial score (nSPS) is 19.9. The molecule has 2 atom stereocenters. The Labute approximate surface area is 197 Å². The van der Waals surface area contributed by atoms with Crippen molar-refractivity contribution in [2.75, 3.05) is 6.61 Å². The molecule has 2 N–H and O–H groups in total. The molecule has 166 valence electrons. The maximum atomic E-state index is 13.1. The average molecular weight is 493 g/mol.